The molecule has 0 bridgehead atoms. The van der Waals surface area contributed by atoms with Crippen molar-refractivity contribution in [2.45, 2.75) is 17.4 Å². The Bertz CT molecular complexity index is 1590. The number of fused-ring (bicyclic) bond motifs is 2. The zero-order valence-corrected chi connectivity index (χ0v) is 23.7. The van der Waals surface area contributed by atoms with Crippen LogP contribution in [0.2, 0.25) is 10.0 Å². The van der Waals surface area contributed by atoms with Gasteiger partial charge in [0.1, 0.15) is 4.90 Å². The summed E-state index contributed by atoms with van der Waals surface area (Å²) in [6, 6.07) is 15.3. The highest BCUT2D eigenvalue weighted by Crippen LogP contribution is 2.41. The second-order valence-electron chi connectivity index (χ2n) is 8.87. The summed E-state index contributed by atoms with van der Waals surface area (Å²) < 4.78 is 34.2. The number of halogens is 2. The minimum atomic E-state index is -4.08. The Morgan fingerprint density at radius 1 is 1.16 bits per heavy atom. The van der Waals surface area contributed by atoms with Crippen LogP contribution in [-0.2, 0) is 26.0 Å². The molecule has 2 aromatic carbocycles. The number of pyridine rings is 1. The van der Waals surface area contributed by atoms with E-state index in [2.05, 4.69) is 4.98 Å². The van der Waals surface area contributed by atoms with Crippen molar-refractivity contribution in [2.24, 2.45) is 0 Å². The Labute approximate surface area is 235 Å². The van der Waals surface area contributed by atoms with Gasteiger partial charge in [-0.1, -0.05) is 47.5 Å². The normalized spacial score (nSPS) is 15.7. The van der Waals surface area contributed by atoms with Gasteiger partial charge in [0, 0.05) is 46.7 Å². The number of aromatic nitrogens is 1. The molecule has 38 heavy (non-hydrogen) atoms. The van der Waals surface area contributed by atoms with E-state index in [0.29, 0.717) is 33.9 Å². The summed E-state index contributed by atoms with van der Waals surface area (Å²) >= 11 is 14.4. The molecular formula is C27H25Cl2N3O4S2. The van der Waals surface area contributed by atoms with Crippen LogP contribution in [0.4, 0.5) is 0 Å². The summed E-state index contributed by atoms with van der Waals surface area (Å²) in [4.78, 5) is 21.2. The van der Waals surface area contributed by atoms with Gasteiger partial charge in [-0.3, -0.25) is 9.78 Å². The van der Waals surface area contributed by atoms with Crippen LogP contribution in [0.15, 0.2) is 71.1 Å². The highest BCUT2D eigenvalue weighted by atomic mass is 35.5. The third-order valence-corrected chi connectivity index (χ3v) is 10.0. The van der Waals surface area contributed by atoms with E-state index in [0.717, 1.165) is 11.1 Å². The number of amides is 1. The van der Waals surface area contributed by atoms with Crippen molar-refractivity contribution in [1.29, 1.82) is 0 Å². The zero-order chi connectivity index (χ0) is 26.9. The van der Waals surface area contributed by atoms with Crippen molar-refractivity contribution >= 4 is 61.4 Å². The highest BCUT2D eigenvalue weighted by molar-refractivity contribution is 7.89. The predicted octanol–water partition coefficient (Wildman–Crippen LogP) is 5.41. The van der Waals surface area contributed by atoms with Crippen LogP contribution in [0.1, 0.15) is 22.0 Å². The first kappa shape index (κ1) is 27.1. The van der Waals surface area contributed by atoms with Gasteiger partial charge in [0.25, 0.3) is 0 Å². The molecule has 11 heteroatoms. The van der Waals surface area contributed by atoms with E-state index in [1.807, 2.05) is 17.5 Å². The van der Waals surface area contributed by atoms with Crippen LogP contribution < -0.4 is 0 Å². The van der Waals surface area contributed by atoms with Gasteiger partial charge in [-0.05, 0) is 53.3 Å². The Kier molecular flexibility index (Phi) is 8.04. The Hall–Kier alpha value is -2.53. The lowest BCUT2D eigenvalue weighted by molar-refractivity contribution is -0.133. The molecule has 0 radical (unpaired) electrons. The minimum Gasteiger partial charge on any atom is -0.383 e. The molecule has 0 saturated heterocycles. The number of methoxy groups -OCH3 is 1. The summed E-state index contributed by atoms with van der Waals surface area (Å²) in [5, 5.41) is 3.65. The lowest BCUT2D eigenvalue weighted by Gasteiger charge is -2.37. The lowest BCUT2D eigenvalue weighted by Crippen LogP contribution is -2.47. The Morgan fingerprint density at radius 2 is 1.97 bits per heavy atom. The number of nitrogens with zero attached hydrogens (tertiary/aromatic N) is 3. The fourth-order valence-corrected chi connectivity index (χ4v) is 7.74. The van der Waals surface area contributed by atoms with Crippen LogP contribution in [0.5, 0.6) is 0 Å². The first-order chi connectivity index (χ1) is 18.3. The van der Waals surface area contributed by atoms with Crippen LogP contribution in [0.25, 0.3) is 10.9 Å². The monoisotopic (exact) mass is 589 g/mol. The largest absolute Gasteiger partial charge is 0.383 e. The van der Waals surface area contributed by atoms with E-state index >= 15 is 0 Å². The first-order valence-corrected chi connectivity index (χ1v) is 15.0. The fourth-order valence-electron chi connectivity index (χ4n) is 4.79. The molecule has 4 aromatic rings. The molecule has 0 aliphatic carbocycles. The van der Waals surface area contributed by atoms with Crippen molar-refractivity contribution in [1.82, 2.24) is 14.2 Å². The summed E-state index contributed by atoms with van der Waals surface area (Å²) in [7, 11) is -2.58. The summed E-state index contributed by atoms with van der Waals surface area (Å²) in [6.07, 6.45) is 2.23. The Morgan fingerprint density at radius 3 is 2.76 bits per heavy atom. The standard InChI is InChI=1S/C27H25Cl2N3O4S2/c1-36-14-13-31(38(34,35)24-6-2-4-18-5-3-11-30-26(18)24)17-25(33)32-12-9-23-21(10-15-37-23)27(32)20-8-7-19(28)16-22(20)29/h2-8,10-11,15-16,27H,9,12-14,17H2,1H3. The third-order valence-electron chi connectivity index (χ3n) is 6.61. The van der Waals surface area contributed by atoms with Crippen molar-refractivity contribution < 1.29 is 17.9 Å². The smallest absolute Gasteiger partial charge is 0.245 e. The van der Waals surface area contributed by atoms with Crippen molar-refractivity contribution in [3.05, 3.63) is 92.2 Å². The van der Waals surface area contributed by atoms with Crippen LogP contribution in [0.3, 0.4) is 0 Å². The van der Waals surface area contributed by atoms with E-state index < -0.39 is 16.1 Å². The molecule has 1 atom stereocenters. The maximum atomic E-state index is 13.9. The molecule has 5 rings (SSSR count). The number of thiophene rings is 1. The number of hydrogen-bond acceptors (Lipinski definition) is 6. The van der Waals surface area contributed by atoms with E-state index in [4.69, 9.17) is 27.9 Å². The van der Waals surface area contributed by atoms with E-state index in [9.17, 15) is 13.2 Å². The molecule has 1 aliphatic heterocycles. The first-order valence-electron chi connectivity index (χ1n) is 11.9. The molecule has 1 aliphatic rings. The molecule has 2 aromatic heterocycles. The van der Waals surface area contributed by atoms with Crippen molar-refractivity contribution in [3.63, 3.8) is 0 Å². The van der Waals surface area contributed by atoms with Crippen LogP contribution in [-0.4, -0.2) is 61.9 Å². The molecule has 0 N–H and O–H groups in total. The van der Waals surface area contributed by atoms with Crippen LogP contribution >= 0.6 is 34.5 Å². The van der Waals surface area contributed by atoms with Gasteiger partial charge >= 0.3 is 0 Å². The quantitative estimate of drug-likeness (QED) is 0.274. The molecule has 198 valence electrons. The molecule has 1 amide bonds. The fraction of sp³-hybridized carbons (Fsp3) is 0.259. The molecule has 0 fully saturated rings. The predicted molar refractivity (Wildman–Crippen MR) is 150 cm³/mol. The topological polar surface area (TPSA) is 79.8 Å². The number of hydrogen-bond donors (Lipinski definition) is 0. The molecule has 3 heterocycles. The Balaban J connectivity index is 1.51. The number of para-hydroxylation sites is 1. The van der Waals surface area contributed by atoms with Gasteiger partial charge in [0.2, 0.25) is 15.9 Å². The number of rotatable bonds is 8. The van der Waals surface area contributed by atoms with Gasteiger partial charge in [0.15, 0.2) is 0 Å². The van der Waals surface area contributed by atoms with E-state index in [-0.39, 0.29) is 30.5 Å². The summed E-state index contributed by atoms with van der Waals surface area (Å²) in [5.41, 5.74) is 2.09. The van der Waals surface area contributed by atoms with E-state index in [1.165, 1.54) is 22.4 Å². The maximum Gasteiger partial charge on any atom is 0.245 e. The highest BCUT2D eigenvalue weighted by Gasteiger charge is 2.37. The average Bonchev–Trinajstić information content (AvgIpc) is 3.39. The number of benzene rings is 2. The number of sulfonamides is 1. The molecular weight excluding hydrogens is 565 g/mol. The van der Waals surface area contributed by atoms with Gasteiger partial charge in [0.05, 0.1) is 24.7 Å². The average molecular weight is 591 g/mol. The van der Waals surface area contributed by atoms with Gasteiger partial charge in [-0.15, -0.1) is 11.3 Å². The van der Waals surface area contributed by atoms with Crippen LogP contribution in [0, 0.1) is 0 Å². The molecule has 1 unspecified atom stereocenters. The zero-order valence-electron chi connectivity index (χ0n) is 20.5. The molecule has 7 nitrogen and oxygen atoms in total. The maximum absolute atomic E-state index is 13.9. The minimum absolute atomic E-state index is 0.0116. The second kappa shape index (κ2) is 11.3. The van der Waals surface area contributed by atoms with Crippen molar-refractivity contribution in [2.75, 3.05) is 33.4 Å². The van der Waals surface area contributed by atoms with Crippen molar-refractivity contribution in [3.8, 4) is 0 Å². The second-order valence-corrected chi connectivity index (χ2v) is 12.6. The summed E-state index contributed by atoms with van der Waals surface area (Å²) in [5.74, 6) is -0.328. The lowest BCUT2D eigenvalue weighted by atomic mass is 9.93. The summed E-state index contributed by atoms with van der Waals surface area (Å²) in [6.45, 7) is 0.226. The van der Waals surface area contributed by atoms with Gasteiger partial charge in [-0.25, -0.2) is 8.42 Å². The molecule has 0 spiro atoms. The van der Waals surface area contributed by atoms with E-state index in [1.54, 1.807) is 58.8 Å². The van der Waals surface area contributed by atoms with Gasteiger partial charge < -0.3 is 9.64 Å². The third kappa shape index (κ3) is 5.19. The molecule has 0 saturated carbocycles. The number of carbonyl (C=O) groups excluding carboxylic acids is 1. The number of carbonyl (C=O) groups is 1. The SMILES string of the molecule is COCCN(CC(=O)N1CCc2sccc2C1c1ccc(Cl)cc1Cl)S(=O)(=O)c1cccc2cccnc12. The number of ether oxygens (including phenoxy) is 1. The van der Waals surface area contributed by atoms with Gasteiger partial charge in [-0.2, -0.15) is 4.31 Å².